The van der Waals surface area contributed by atoms with E-state index >= 15 is 0 Å². The van der Waals surface area contributed by atoms with E-state index in [1.54, 1.807) is 12.3 Å². The van der Waals surface area contributed by atoms with Crippen LogP contribution in [-0.4, -0.2) is 23.5 Å². The molecular formula is C17H27N3O. The van der Waals surface area contributed by atoms with Crippen LogP contribution in [0.2, 0.25) is 0 Å². The molecule has 0 radical (unpaired) electrons. The van der Waals surface area contributed by atoms with E-state index in [-0.39, 0.29) is 11.9 Å². The molecule has 116 valence electrons. The van der Waals surface area contributed by atoms with Gasteiger partial charge in [0.05, 0.1) is 11.9 Å². The number of hydrogen-bond donors (Lipinski definition) is 2. The minimum Gasteiger partial charge on any atom is -0.384 e. The maximum absolute atomic E-state index is 12.3. The summed E-state index contributed by atoms with van der Waals surface area (Å²) in [5.41, 5.74) is 1.46. The number of carbonyl (C=O) groups is 1. The van der Waals surface area contributed by atoms with Crippen LogP contribution in [0.4, 0.5) is 5.69 Å². The topological polar surface area (TPSA) is 54.0 Å². The highest BCUT2D eigenvalue weighted by Gasteiger charge is 2.24. The molecule has 2 rings (SSSR count). The van der Waals surface area contributed by atoms with Gasteiger partial charge in [-0.1, -0.05) is 26.2 Å². The van der Waals surface area contributed by atoms with E-state index in [1.165, 1.54) is 32.1 Å². The maximum atomic E-state index is 12.3. The summed E-state index contributed by atoms with van der Waals surface area (Å²) in [7, 11) is 0. The third kappa shape index (κ3) is 4.45. The Kier molecular flexibility index (Phi) is 6.03. The van der Waals surface area contributed by atoms with Crippen molar-refractivity contribution in [1.29, 1.82) is 0 Å². The smallest absolute Gasteiger partial charge is 0.270 e. The number of rotatable bonds is 6. The average Bonchev–Trinajstić information content (AvgIpc) is 2.54. The first-order valence-corrected chi connectivity index (χ1v) is 8.25. The van der Waals surface area contributed by atoms with Gasteiger partial charge in [0, 0.05) is 12.6 Å². The van der Waals surface area contributed by atoms with E-state index in [4.69, 9.17) is 0 Å². The van der Waals surface area contributed by atoms with Crippen LogP contribution in [0.1, 0.15) is 62.9 Å². The van der Waals surface area contributed by atoms with Crippen LogP contribution in [0.3, 0.4) is 0 Å². The first-order chi connectivity index (χ1) is 10.2. The Labute approximate surface area is 127 Å². The molecule has 1 aromatic heterocycles. The molecule has 2 N–H and O–H groups in total. The molecule has 1 aromatic rings. The summed E-state index contributed by atoms with van der Waals surface area (Å²) in [6.45, 7) is 5.05. The van der Waals surface area contributed by atoms with Gasteiger partial charge in [-0.15, -0.1) is 0 Å². The molecule has 1 fully saturated rings. The second-order valence-corrected chi connectivity index (χ2v) is 5.85. The van der Waals surface area contributed by atoms with Crippen molar-refractivity contribution in [2.24, 2.45) is 5.92 Å². The second kappa shape index (κ2) is 8.01. The highest BCUT2D eigenvalue weighted by atomic mass is 16.1. The summed E-state index contributed by atoms with van der Waals surface area (Å²) in [5.74, 6) is 0.587. The van der Waals surface area contributed by atoms with Gasteiger partial charge in [0.25, 0.3) is 5.91 Å². The number of hydrogen-bond acceptors (Lipinski definition) is 3. The Morgan fingerprint density at radius 2 is 2.05 bits per heavy atom. The minimum absolute atomic E-state index is 0.0459. The van der Waals surface area contributed by atoms with Crippen LogP contribution >= 0.6 is 0 Å². The van der Waals surface area contributed by atoms with Crippen molar-refractivity contribution in [3.05, 3.63) is 24.0 Å². The Hall–Kier alpha value is -1.58. The van der Waals surface area contributed by atoms with Gasteiger partial charge in [-0.05, 0) is 44.2 Å². The zero-order valence-electron chi connectivity index (χ0n) is 13.2. The van der Waals surface area contributed by atoms with Gasteiger partial charge in [-0.2, -0.15) is 0 Å². The quantitative estimate of drug-likeness (QED) is 0.841. The monoisotopic (exact) mass is 289 g/mol. The van der Waals surface area contributed by atoms with Crippen LogP contribution in [-0.2, 0) is 0 Å². The number of amides is 1. The predicted molar refractivity (Wildman–Crippen MR) is 86.5 cm³/mol. The molecule has 1 aliphatic rings. The molecule has 1 amide bonds. The number of nitrogens with one attached hydrogen (secondary N) is 2. The summed E-state index contributed by atoms with van der Waals surface area (Å²) in [4.78, 5) is 16.6. The molecule has 0 spiro atoms. The molecular weight excluding hydrogens is 262 g/mol. The second-order valence-electron chi connectivity index (χ2n) is 5.85. The highest BCUT2D eigenvalue weighted by Crippen LogP contribution is 2.27. The van der Waals surface area contributed by atoms with Crippen molar-refractivity contribution >= 4 is 11.6 Å². The predicted octanol–water partition coefficient (Wildman–Crippen LogP) is 3.60. The molecule has 0 aliphatic heterocycles. The molecule has 4 nitrogen and oxygen atoms in total. The molecule has 1 atom stereocenters. The van der Waals surface area contributed by atoms with Gasteiger partial charge >= 0.3 is 0 Å². The van der Waals surface area contributed by atoms with Crippen LogP contribution < -0.4 is 10.6 Å². The number of aromatic nitrogens is 1. The lowest BCUT2D eigenvalue weighted by Crippen LogP contribution is -2.41. The molecule has 4 heteroatoms. The van der Waals surface area contributed by atoms with Crippen LogP contribution in [0.25, 0.3) is 0 Å². The maximum Gasteiger partial charge on any atom is 0.270 e. The third-order valence-electron chi connectivity index (χ3n) is 4.35. The van der Waals surface area contributed by atoms with Gasteiger partial charge in [0.1, 0.15) is 5.69 Å². The number of carbonyl (C=O) groups excluding carboxylic acids is 1. The summed E-state index contributed by atoms with van der Waals surface area (Å²) in [5, 5.41) is 6.37. The van der Waals surface area contributed by atoms with Crippen molar-refractivity contribution < 1.29 is 4.79 Å². The summed E-state index contributed by atoms with van der Waals surface area (Å²) in [6, 6.07) is 3.99. The van der Waals surface area contributed by atoms with Crippen molar-refractivity contribution in [1.82, 2.24) is 10.3 Å². The fourth-order valence-corrected chi connectivity index (χ4v) is 3.17. The average molecular weight is 289 g/mol. The van der Waals surface area contributed by atoms with Crippen LogP contribution in [0.5, 0.6) is 0 Å². The van der Waals surface area contributed by atoms with Crippen molar-refractivity contribution in [3.8, 4) is 0 Å². The first-order valence-electron chi connectivity index (χ1n) is 8.25. The van der Waals surface area contributed by atoms with Gasteiger partial charge in [-0.3, -0.25) is 4.79 Å². The minimum atomic E-state index is -0.0459. The molecule has 21 heavy (non-hydrogen) atoms. The van der Waals surface area contributed by atoms with E-state index < -0.39 is 0 Å². The largest absolute Gasteiger partial charge is 0.384 e. The number of pyridine rings is 1. The molecule has 1 heterocycles. The Morgan fingerprint density at radius 3 is 2.62 bits per heavy atom. The fraction of sp³-hybridized carbons (Fsp3) is 0.647. The Bertz CT molecular complexity index is 438. The van der Waals surface area contributed by atoms with Crippen molar-refractivity contribution in [2.75, 3.05) is 11.9 Å². The van der Waals surface area contributed by atoms with Crippen LogP contribution in [0, 0.1) is 5.92 Å². The normalized spacial score (nSPS) is 17.2. The van der Waals surface area contributed by atoms with Crippen LogP contribution in [0.15, 0.2) is 18.3 Å². The summed E-state index contributed by atoms with van der Waals surface area (Å²) < 4.78 is 0. The van der Waals surface area contributed by atoms with E-state index in [9.17, 15) is 4.79 Å². The summed E-state index contributed by atoms with van der Waals surface area (Å²) in [6.07, 6.45) is 9.14. The highest BCUT2D eigenvalue weighted by molar-refractivity contribution is 5.92. The van der Waals surface area contributed by atoms with Crippen molar-refractivity contribution in [3.63, 3.8) is 0 Å². The lowest BCUT2D eigenvalue weighted by Gasteiger charge is -2.30. The van der Waals surface area contributed by atoms with Gasteiger partial charge < -0.3 is 10.6 Å². The molecule has 0 aromatic carbocycles. The number of anilines is 1. The molecule has 0 bridgehead atoms. The zero-order chi connectivity index (χ0) is 15.1. The summed E-state index contributed by atoms with van der Waals surface area (Å²) >= 11 is 0. The van der Waals surface area contributed by atoms with Crippen molar-refractivity contribution in [2.45, 2.75) is 58.4 Å². The molecule has 1 unspecified atom stereocenters. The molecule has 0 saturated heterocycles. The van der Waals surface area contributed by atoms with Gasteiger partial charge in [-0.25, -0.2) is 4.98 Å². The Morgan fingerprint density at radius 1 is 1.29 bits per heavy atom. The zero-order valence-corrected chi connectivity index (χ0v) is 13.2. The SMILES string of the molecule is CCNc1ccc(C(=O)NC(CC)C2CCCCC2)nc1. The number of nitrogens with zero attached hydrogens (tertiary/aromatic N) is 1. The van der Waals surface area contributed by atoms with E-state index in [2.05, 4.69) is 22.5 Å². The lowest BCUT2D eigenvalue weighted by molar-refractivity contribution is 0.0906. The Balaban J connectivity index is 1.94. The van der Waals surface area contributed by atoms with Gasteiger partial charge in [0.15, 0.2) is 0 Å². The van der Waals surface area contributed by atoms with Gasteiger partial charge in [0.2, 0.25) is 0 Å². The molecule has 1 saturated carbocycles. The van der Waals surface area contributed by atoms with E-state index in [0.717, 1.165) is 18.7 Å². The first kappa shape index (κ1) is 15.8. The van der Waals surface area contributed by atoms with E-state index in [0.29, 0.717) is 11.6 Å². The standard InChI is InChI=1S/C17H27N3O/c1-3-15(13-8-6-5-7-9-13)20-17(21)16-11-10-14(12-19-16)18-4-2/h10-13,15,18H,3-9H2,1-2H3,(H,20,21). The lowest BCUT2D eigenvalue weighted by atomic mass is 9.83. The third-order valence-corrected chi connectivity index (χ3v) is 4.35. The fourth-order valence-electron chi connectivity index (χ4n) is 3.17. The molecule has 1 aliphatic carbocycles. The van der Waals surface area contributed by atoms with E-state index in [1.807, 2.05) is 13.0 Å².